The number of aromatic nitrogens is 4. The minimum Gasteiger partial charge on any atom is -0.364 e. The number of hydrogen-bond donors (Lipinski definition) is 2. The zero-order valence-electron chi connectivity index (χ0n) is 13.4. The second-order valence-corrected chi connectivity index (χ2v) is 5.09. The first-order valence-electron chi connectivity index (χ1n) is 7.12. The van der Waals surface area contributed by atoms with Crippen LogP contribution in [-0.4, -0.2) is 36.3 Å². The first kappa shape index (κ1) is 17.1. The molecule has 2 amide bonds. The van der Waals surface area contributed by atoms with Gasteiger partial charge in [0.05, 0.1) is 10.6 Å². The fraction of sp³-hybridized carbons (Fsp3) is 0.385. The summed E-state index contributed by atoms with van der Waals surface area (Å²) >= 11 is 0. The lowest BCUT2D eigenvalue weighted by molar-refractivity contribution is -0.385. The van der Waals surface area contributed by atoms with Crippen molar-refractivity contribution in [3.8, 4) is 0 Å². The molecule has 0 fully saturated rings. The van der Waals surface area contributed by atoms with E-state index in [1.54, 1.807) is 0 Å². The smallest absolute Gasteiger partial charge is 0.309 e. The van der Waals surface area contributed by atoms with E-state index in [1.807, 2.05) is 6.92 Å². The molecular weight excluding hydrogens is 318 g/mol. The van der Waals surface area contributed by atoms with E-state index in [4.69, 9.17) is 5.73 Å². The molecule has 11 nitrogen and oxygen atoms in total. The average molecular weight is 335 g/mol. The molecule has 128 valence electrons. The summed E-state index contributed by atoms with van der Waals surface area (Å²) in [7, 11) is 0. The average Bonchev–Trinajstić information content (AvgIpc) is 3.10. The number of nitrogens with one attached hydrogen (secondary N) is 1. The van der Waals surface area contributed by atoms with Gasteiger partial charge in [0.25, 0.3) is 5.91 Å². The Morgan fingerprint density at radius 3 is 2.67 bits per heavy atom. The van der Waals surface area contributed by atoms with Crippen LogP contribution < -0.4 is 11.1 Å². The molecule has 0 radical (unpaired) electrons. The summed E-state index contributed by atoms with van der Waals surface area (Å²) in [6.07, 6.45) is 2.58. The second-order valence-electron chi connectivity index (χ2n) is 5.09. The molecule has 0 aromatic carbocycles. The third-order valence-electron chi connectivity index (χ3n) is 3.54. The maximum atomic E-state index is 12.4. The Morgan fingerprint density at radius 2 is 2.17 bits per heavy atom. The van der Waals surface area contributed by atoms with E-state index in [0.717, 1.165) is 6.20 Å². The van der Waals surface area contributed by atoms with E-state index in [1.165, 1.54) is 29.4 Å². The van der Waals surface area contributed by atoms with Crippen LogP contribution >= 0.6 is 0 Å². The number of primary amides is 1. The van der Waals surface area contributed by atoms with Gasteiger partial charge in [0.1, 0.15) is 17.9 Å². The van der Waals surface area contributed by atoms with Gasteiger partial charge in [0, 0.05) is 12.7 Å². The molecule has 1 atom stereocenters. The Hall–Kier alpha value is -3.24. The number of hydrogen-bond acceptors (Lipinski definition) is 6. The molecule has 2 rings (SSSR count). The van der Waals surface area contributed by atoms with E-state index >= 15 is 0 Å². The highest BCUT2D eigenvalue weighted by atomic mass is 16.6. The fourth-order valence-electron chi connectivity index (χ4n) is 2.19. The first-order chi connectivity index (χ1) is 11.3. The van der Waals surface area contributed by atoms with Gasteiger partial charge in [-0.1, -0.05) is 0 Å². The van der Waals surface area contributed by atoms with Gasteiger partial charge in [-0.05, 0) is 20.8 Å². The largest absolute Gasteiger partial charge is 0.364 e. The second kappa shape index (κ2) is 6.48. The molecular formula is C13H17N7O4. The van der Waals surface area contributed by atoms with Gasteiger partial charge in [0.15, 0.2) is 5.69 Å². The SMILES string of the molecule is CCn1cc(NC(=O)C(C)n2ncc([N+](=O)[O-])c2C)c(C(N)=O)n1. The monoisotopic (exact) mass is 335 g/mol. The zero-order chi connectivity index (χ0) is 18.0. The summed E-state index contributed by atoms with van der Waals surface area (Å²) in [6, 6.07) is -0.829. The summed E-state index contributed by atoms with van der Waals surface area (Å²) in [5, 5.41) is 21.3. The molecule has 1 unspecified atom stereocenters. The molecule has 2 aromatic rings. The quantitative estimate of drug-likeness (QED) is 0.583. The number of carbonyl (C=O) groups is 2. The summed E-state index contributed by atoms with van der Waals surface area (Å²) in [5.74, 6) is -1.27. The van der Waals surface area contributed by atoms with Crippen molar-refractivity contribution >= 4 is 23.2 Å². The number of nitro groups is 1. The highest BCUT2D eigenvalue weighted by Crippen LogP contribution is 2.21. The van der Waals surface area contributed by atoms with Crippen LogP contribution in [0.2, 0.25) is 0 Å². The van der Waals surface area contributed by atoms with Crippen molar-refractivity contribution in [1.82, 2.24) is 19.6 Å². The lowest BCUT2D eigenvalue weighted by Crippen LogP contribution is -2.26. The van der Waals surface area contributed by atoms with Gasteiger partial charge >= 0.3 is 5.69 Å². The topological polar surface area (TPSA) is 151 Å². The van der Waals surface area contributed by atoms with Crippen molar-refractivity contribution in [2.24, 2.45) is 5.73 Å². The standard InChI is InChI=1S/C13H17N7O4/c1-4-18-6-9(11(17-18)12(14)21)16-13(22)8(3)19-7(2)10(5-15-19)20(23)24/h5-6,8H,4H2,1-3H3,(H2,14,21)(H,16,22). The van der Waals surface area contributed by atoms with Crippen LogP contribution in [-0.2, 0) is 11.3 Å². The van der Waals surface area contributed by atoms with Gasteiger partial charge in [-0.3, -0.25) is 29.1 Å². The van der Waals surface area contributed by atoms with Crippen LogP contribution in [0, 0.1) is 17.0 Å². The molecule has 0 aliphatic carbocycles. The number of carbonyl (C=O) groups excluding carboxylic acids is 2. The Balaban J connectivity index is 2.25. The minimum atomic E-state index is -0.829. The van der Waals surface area contributed by atoms with Crippen molar-refractivity contribution in [3.63, 3.8) is 0 Å². The van der Waals surface area contributed by atoms with E-state index in [2.05, 4.69) is 15.5 Å². The molecule has 0 saturated heterocycles. The molecule has 0 aliphatic heterocycles. The molecule has 0 spiro atoms. The fourth-order valence-corrected chi connectivity index (χ4v) is 2.19. The van der Waals surface area contributed by atoms with Crippen molar-refractivity contribution in [2.75, 3.05) is 5.32 Å². The molecule has 11 heteroatoms. The van der Waals surface area contributed by atoms with Gasteiger partial charge in [-0.15, -0.1) is 0 Å². The van der Waals surface area contributed by atoms with Crippen molar-refractivity contribution in [3.05, 3.63) is 33.9 Å². The Bertz CT molecular complexity index is 807. The van der Waals surface area contributed by atoms with E-state index in [9.17, 15) is 19.7 Å². The lowest BCUT2D eigenvalue weighted by Gasteiger charge is -2.13. The highest BCUT2D eigenvalue weighted by Gasteiger charge is 2.25. The number of aryl methyl sites for hydroxylation is 1. The normalized spacial score (nSPS) is 12.0. The van der Waals surface area contributed by atoms with Crippen molar-refractivity contribution in [1.29, 1.82) is 0 Å². The maximum absolute atomic E-state index is 12.4. The summed E-state index contributed by atoms with van der Waals surface area (Å²) in [6.45, 7) is 5.35. The summed E-state index contributed by atoms with van der Waals surface area (Å²) in [5.41, 5.74) is 5.45. The number of nitrogens with two attached hydrogens (primary N) is 1. The Kier molecular flexibility index (Phi) is 4.62. The maximum Gasteiger partial charge on any atom is 0.309 e. The van der Waals surface area contributed by atoms with Crippen molar-refractivity contribution < 1.29 is 14.5 Å². The highest BCUT2D eigenvalue weighted by molar-refractivity contribution is 6.02. The van der Waals surface area contributed by atoms with Crippen LogP contribution in [0.25, 0.3) is 0 Å². The Labute approximate surface area is 136 Å². The van der Waals surface area contributed by atoms with E-state index in [0.29, 0.717) is 6.54 Å². The van der Waals surface area contributed by atoms with Crippen LogP contribution in [0.15, 0.2) is 12.4 Å². The van der Waals surface area contributed by atoms with Gasteiger partial charge in [-0.2, -0.15) is 10.2 Å². The molecule has 0 saturated carbocycles. The molecule has 2 aromatic heterocycles. The van der Waals surface area contributed by atoms with Crippen molar-refractivity contribution in [2.45, 2.75) is 33.4 Å². The van der Waals surface area contributed by atoms with Crippen LogP contribution in [0.1, 0.15) is 36.1 Å². The molecule has 0 aliphatic rings. The number of amides is 2. The number of anilines is 1. The predicted molar refractivity (Wildman–Crippen MR) is 83.4 cm³/mol. The first-order valence-corrected chi connectivity index (χ1v) is 7.12. The third kappa shape index (κ3) is 3.09. The molecule has 24 heavy (non-hydrogen) atoms. The molecule has 2 heterocycles. The number of nitrogens with zero attached hydrogens (tertiary/aromatic N) is 5. The van der Waals surface area contributed by atoms with Crippen LogP contribution in [0.4, 0.5) is 11.4 Å². The van der Waals surface area contributed by atoms with E-state index in [-0.39, 0.29) is 22.8 Å². The zero-order valence-corrected chi connectivity index (χ0v) is 13.4. The van der Waals surface area contributed by atoms with Gasteiger partial charge in [0.2, 0.25) is 5.91 Å². The number of rotatable bonds is 6. The lowest BCUT2D eigenvalue weighted by atomic mass is 10.2. The third-order valence-corrected chi connectivity index (χ3v) is 3.54. The summed E-state index contributed by atoms with van der Waals surface area (Å²) in [4.78, 5) is 34.1. The summed E-state index contributed by atoms with van der Waals surface area (Å²) < 4.78 is 2.70. The molecule has 0 bridgehead atoms. The van der Waals surface area contributed by atoms with Gasteiger partial charge in [-0.25, -0.2) is 0 Å². The Morgan fingerprint density at radius 1 is 1.50 bits per heavy atom. The van der Waals surface area contributed by atoms with Crippen LogP contribution in [0.5, 0.6) is 0 Å². The minimum absolute atomic E-state index is 0.0550. The predicted octanol–water partition coefficient (Wildman–Crippen LogP) is 0.615. The van der Waals surface area contributed by atoms with Crippen LogP contribution in [0.3, 0.4) is 0 Å². The van der Waals surface area contributed by atoms with E-state index < -0.39 is 22.8 Å². The molecule has 3 N–H and O–H groups in total. The van der Waals surface area contributed by atoms with Gasteiger partial charge < -0.3 is 11.1 Å².